The Balaban J connectivity index is 2.02. The van der Waals surface area contributed by atoms with Crippen molar-refractivity contribution in [3.8, 4) is 11.3 Å². The van der Waals surface area contributed by atoms with Crippen LogP contribution in [0.2, 0.25) is 0 Å². The molecule has 0 amide bonds. The summed E-state index contributed by atoms with van der Waals surface area (Å²) in [5.74, 6) is -2.12. The molecule has 0 fully saturated rings. The summed E-state index contributed by atoms with van der Waals surface area (Å²) >= 11 is 0. The van der Waals surface area contributed by atoms with Gasteiger partial charge in [-0.05, 0) is 48.4 Å². The van der Waals surface area contributed by atoms with Crippen LogP contribution in [0.4, 0.5) is 4.39 Å². The van der Waals surface area contributed by atoms with Crippen molar-refractivity contribution in [1.29, 1.82) is 0 Å². The molecule has 3 aromatic rings. The van der Waals surface area contributed by atoms with Crippen LogP contribution in [0, 0.1) is 5.82 Å². The number of carboxylic acids is 1. The zero-order valence-electron chi connectivity index (χ0n) is 15.9. The molecule has 2 N–H and O–H groups in total. The third-order valence-corrected chi connectivity index (χ3v) is 4.57. The van der Waals surface area contributed by atoms with Crippen LogP contribution in [0.5, 0.6) is 0 Å². The van der Waals surface area contributed by atoms with Crippen molar-refractivity contribution in [1.82, 2.24) is 9.61 Å². The summed E-state index contributed by atoms with van der Waals surface area (Å²) in [5.41, 5.74) is 3.99. The number of aliphatic hydroxyl groups excluding tert-OH is 1. The van der Waals surface area contributed by atoms with Crippen molar-refractivity contribution in [2.75, 3.05) is 0 Å². The molecule has 0 saturated heterocycles. The van der Waals surface area contributed by atoms with Gasteiger partial charge in [0, 0.05) is 23.7 Å². The van der Waals surface area contributed by atoms with Gasteiger partial charge in [-0.1, -0.05) is 19.1 Å². The van der Waals surface area contributed by atoms with Gasteiger partial charge < -0.3 is 10.2 Å². The smallest absolute Gasteiger partial charge is 0.310 e. The van der Waals surface area contributed by atoms with E-state index in [-0.39, 0.29) is 12.2 Å². The first-order valence-electron chi connectivity index (χ1n) is 9.25. The number of fused-ring (bicyclic) bond motifs is 1. The van der Waals surface area contributed by atoms with Gasteiger partial charge >= 0.3 is 5.97 Å². The number of carboxylic acid groups (broad SMARTS) is 1. The fraction of sp³-hybridized carbons (Fsp3) is 0.227. The Bertz CT molecular complexity index is 1070. The molecule has 1 atom stereocenters. The minimum atomic E-state index is -1.22. The Labute approximate surface area is 166 Å². The van der Waals surface area contributed by atoms with E-state index in [1.54, 1.807) is 22.7 Å². The first-order valence-corrected chi connectivity index (χ1v) is 9.25. The number of ketones is 1. The standard InChI is InChI=1S/C22H21FN2O4/c1-2-18-19(10-9-16(26)12-17(27)13-21(28)29)22(14-5-7-15(23)8-6-14)24-25-11-3-4-20(18)25/h3-11,16,26H,2,12-13H2,1H3,(H,28,29)/b10-9+. The topological polar surface area (TPSA) is 91.9 Å². The van der Waals surface area contributed by atoms with Crippen molar-refractivity contribution >= 4 is 23.3 Å². The van der Waals surface area contributed by atoms with Gasteiger partial charge in [-0.25, -0.2) is 8.91 Å². The Morgan fingerprint density at radius 2 is 1.97 bits per heavy atom. The second kappa shape index (κ2) is 8.79. The maximum Gasteiger partial charge on any atom is 0.310 e. The van der Waals surface area contributed by atoms with E-state index < -0.39 is 24.3 Å². The number of hydrogen-bond acceptors (Lipinski definition) is 4. The summed E-state index contributed by atoms with van der Waals surface area (Å²) in [6.45, 7) is 2.00. The molecule has 0 aliphatic carbocycles. The van der Waals surface area contributed by atoms with E-state index in [1.807, 2.05) is 25.3 Å². The van der Waals surface area contributed by atoms with Crippen LogP contribution in [-0.2, 0) is 16.0 Å². The van der Waals surface area contributed by atoms with E-state index in [0.717, 1.165) is 16.6 Å². The van der Waals surface area contributed by atoms with Gasteiger partial charge in [-0.3, -0.25) is 9.59 Å². The summed E-state index contributed by atoms with van der Waals surface area (Å²) in [7, 11) is 0. The lowest BCUT2D eigenvalue weighted by Gasteiger charge is -2.14. The molecule has 0 aliphatic heterocycles. The van der Waals surface area contributed by atoms with Crippen LogP contribution < -0.4 is 0 Å². The van der Waals surface area contributed by atoms with E-state index in [1.165, 1.54) is 18.2 Å². The predicted octanol–water partition coefficient (Wildman–Crippen LogP) is 3.51. The number of carbonyl (C=O) groups excluding carboxylic acids is 1. The number of halogens is 1. The molecule has 29 heavy (non-hydrogen) atoms. The number of Topliss-reactive ketones (excluding diaryl/α,β-unsaturated/α-hetero) is 1. The Morgan fingerprint density at radius 3 is 2.62 bits per heavy atom. The van der Waals surface area contributed by atoms with E-state index in [2.05, 4.69) is 5.10 Å². The zero-order chi connectivity index (χ0) is 21.0. The molecule has 6 nitrogen and oxygen atoms in total. The molecule has 0 radical (unpaired) electrons. The number of aromatic nitrogens is 2. The summed E-state index contributed by atoms with van der Waals surface area (Å²) in [6, 6.07) is 9.80. The summed E-state index contributed by atoms with van der Waals surface area (Å²) < 4.78 is 15.1. The van der Waals surface area contributed by atoms with Gasteiger partial charge in [0.05, 0.1) is 17.3 Å². The van der Waals surface area contributed by atoms with Crippen LogP contribution in [-0.4, -0.2) is 37.7 Å². The number of carbonyl (C=O) groups is 2. The zero-order valence-corrected chi connectivity index (χ0v) is 15.9. The molecule has 0 bridgehead atoms. The monoisotopic (exact) mass is 396 g/mol. The van der Waals surface area contributed by atoms with E-state index in [9.17, 15) is 19.1 Å². The molecule has 2 aromatic heterocycles. The molecule has 1 aromatic carbocycles. The SMILES string of the molecule is CCc1c(/C=C/C(O)CC(=O)CC(=O)O)c(-c2ccc(F)cc2)nn2cccc12. The maximum absolute atomic E-state index is 13.4. The highest BCUT2D eigenvalue weighted by Crippen LogP contribution is 2.29. The van der Waals surface area contributed by atoms with E-state index in [0.29, 0.717) is 17.7 Å². The van der Waals surface area contributed by atoms with Gasteiger partial charge in [-0.2, -0.15) is 5.10 Å². The highest BCUT2D eigenvalue weighted by Gasteiger charge is 2.16. The normalized spacial score (nSPS) is 12.5. The third kappa shape index (κ3) is 4.75. The highest BCUT2D eigenvalue weighted by molar-refractivity contribution is 5.95. The highest BCUT2D eigenvalue weighted by atomic mass is 19.1. The molecule has 150 valence electrons. The minimum absolute atomic E-state index is 0.281. The number of aliphatic carboxylic acids is 1. The molecule has 2 heterocycles. The number of rotatable bonds is 8. The quantitative estimate of drug-likeness (QED) is 0.569. The number of nitrogens with zero attached hydrogens (tertiary/aromatic N) is 2. The fourth-order valence-corrected chi connectivity index (χ4v) is 3.26. The van der Waals surface area contributed by atoms with Crippen LogP contribution in [0.25, 0.3) is 22.9 Å². The van der Waals surface area contributed by atoms with E-state index in [4.69, 9.17) is 5.11 Å². The molecular formula is C22H21FN2O4. The van der Waals surface area contributed by atoms with Gasteiger partial charge in [0.2, 0.25) is 0 Å². The molecule has 0 saturated carbocycles. The number of aliphatic hydroxyl groups is 1. The lowest BCUT2D eigenvalue weighted by Crippen LogP contribution is -2.14. The van der Waals surface area contributed by atoms with Crippen molar-refractivity contribution < 1.29 is 24.2 Å². The van der Waals surface area contributed by atoms with Crippen molar-refractivity contribution in [3.05, 3.63) is 65.6 Å². The molecule has 7 heteroatoms. The second-order valence-electron chi connectivity index (χ2n) is 6.68. The summed E-state index contributed by atoms with van der Waals surface area (Å²) in [6.07, 6.45) is 3.65. The van der Waals surface area contributed by atoms with Crippen LogP contribution in [0.1, 0.15) is 30.9 Å². The maximum atomic E-state index is 13.4. The number of aryl methyl sites for hydroxylation is 1. The largest absolute Gasteiger partial charge is 0.481 e. The van der Waals surface area contributed by atoms with Crippen LogP contribution >= 0.6 is 0 Å². The average Bonchev–Trinajstić information content (AvgIpc) is 3.13. The average molecular weight is 396 g/mol. The summed E-state index contributed by atoms with van der Waals surface area (Å²) in [4.78, 5) is 22.3. The Kier molecular flexibility index (Phi) is 6.19. The van der Waals surface area contributed by atoms with Gasteiger partial charge in [-0.15, -0.1) is 0 Å². The lowest BCUT2D eigenvalue weighted by atomic mass is 9.98. The van der Waals surface area contributed by atoms with Gasteiger partial charge in [0.25, 0.3) is 0 Å². The van der Waals surface area contributed by atoms with Crippen molar-refractivity contribution in [3.63, 3.8) is 0 Å². The Hall–Kier alpha value is -3.32. The minimum Gasteiger partial charge on any atom is -0.481 e. The molecule has 0 aliphatic rings. The molecule has 3 rings (SSSR count). The van der Waals surface area contributed by atoms with Crippen LogP contribution in [0.15, 0.2) is 48.7 Å². The molecule has 0 spiro atoms. The number of benzene rings is 1. The molecular weight excluding hydrogens is 375 g/mol. The first kappa shape index (κ1) is 20.4. The lowest BCUT2D eigenvalue weighted by molar-refractivity contribution is -0.140. The first-order chi connectivity index (χ1) is 13.9. The fourth-order valence-electron chi connectivity index (χ4n) is 3.26. The van der Waals surface area contributed by atoms with E-state index >= 15 is 0 Å². The second-order valence-corrected chi connectivity index (χ2v) is 6.68. The predicted molar refractivity (Wildman–Crippen MR) is 107 cm³/mol. The van der Waals surface area contributed by atoms with Crippen molar-refractivity contribution in [2.45, 2.75) is 32.3 Å². The van der Waals surface area contributed by atoms with Gasteiger partial charge in [0.15, 0.2) is 0 Å². The number of hydrogen-bond donors (Lipinski definition) is 2. The summed E-state index contributed by atoms with van der Waals surface area (Å²) in [5, 5.41) is 23.5. The van der Waals surface area contributed by atoms with Crippen LogP contribution in [0.3, 0.4) is 0 Å². The Morgan fingerprint density at radius 1 is 1.24 bits per heavy atom. The van der Waals surface area contributed by atoms with Crippen molar-refractivity contribution in [2.24, 2.45) is 0 Å². The third-order valence-electron chi connectivity index (χ3n) is 4.57. The van der Waals surface area contributed by atoms with Gasteiger partial charge in [0.1, 0.15) is 18.0 Å². The molecule has 1 unspecified atom stereocenters.